The molecule has 0 saturated carbocycles. The zero-order valence-electron chi connectivity index (χ0n) is 16.1. The summed E-state index contributed by atoms with van der Waals surface area (Å²) in [7, 11) is -3.70. The summed E-state index contributed by atoms with van der Waals surface area (Å²) in [6, 6.07) is 13.1. The molecular weight excluding hydrogens is 416 g/mol. The third-order valence-electron chi connectivity index (χ3n) is 3.76. The van der Waals surface area contributed by atoms with Crippen LogP contribution in [0, 0.1) is 0 Å². The van der Waals surface area contributed by atoms with Crippen molar-refractivity contribution >= 4 is 50.5 Å². The number of benzene rings is 2. The van der Waals surface area contributed by atoms with Crippen LogP contribution in [0.4, 0.5) is 11.4 Å². The second kappa shape index (κ2) is 9.53. The van der Waals surface area contributed by atoms with Gasteiger partial charge in [0.15, 0.2) is 0 Å². The first-order valence-corrected chi connectivity index (χ1v) is 10.7. The van der Waals surface area contributed by atoms with Gasteiger partial charge >= 0.3 is 0 Å². The summed E-state index contributed by atoms with van der Waals surface area (Å²) in [4.78, 5) is 23.3. The quantitative estimate of drug-likeness (QED) is 0.513. The largest absolute Gasteiger partial charge is 0.326 e. The number of hydrogen-bond donors (Lipinski definition) is 2. The molecule has 0 aliphatic rings. The van der Waals surface area contributed by atoms with Gasteiger partial charge in [-0.2, -0.15) is 5.10 Å². The molecule has 0 spiro atoms. The van der Waals surface area contributed by atoms with E-state index in [2.05, 4.69) is 15.8 Å². The van der Waals surface area contributed by atoms with Crippen molar-refractivity contribution in [3.63, 3.8) is 0 Å². The minimum Gasteiger partial charge on any atom is -0.326 e. The van der Waals surface area contributed by atoms with Gasteiger partial charge in [-0.15, -0.1) is 0 Å². The smallest absolute Gasteiger partial charge is 0.260 e. The first-order chi connectivity index (χ1) is 13.6. The van der Waals surface area contributed by atoms with E-state index in [-0.39, 0.29) is 11.6 Å². The lowest BCUT2D eigenvalue weighted by Gasteiger charge is -2.21. The van der Waals surface area contributed by atoms with Crippen LogP contribution >= 0.6 is 11.6 Å². The third kappa shape index (κ3) is 6.88. The third-order valence-corrected chi connectivity index (χ3v) is 5.13. The Morgan fingerprint density at radius 3 is 2.31 bits per heavy atom. The summed E-state index contributed by atoms with van der Waals surface area (Å²) in [5, 5.41) is 7.02. The molecule has 2 N–H and O–H groups in total. The number of hydrogen-bond acceptors (Lipinski definition) is 5. The van der Waals surface area contributed by atoms with E-state index in [4.69, 9.17) is 11.6 Å². The lowest BCUT2D eigenvalue weighted by Crippen LogP contribution is -2.39. The standard InChI is InChI=1S/C19H21ClN4O4S/c1-13(15-7-9-17(10-8-15)21-14(2)25)22-23-19(26)12-24(29(3,27)28)18-6-4-5-16(20)11-18/h4-11H,12H2,1-3H3,(H,21,25)(H,23,26)/b22-13-. The highest BCUT2D eigenvalue weighted by Gasteiger charge is 2.21. The maximum atomic E-state index is 12.3. The summed E-state index contributed by atoms with van der Waals surface area (Å²) >= 11 is 5.92. The number of hydrazone groups is 1. The summed E-state index contributed by atoms with van der Waals surface area (Å²) < 4.78 is 25.1. The predicted molar refractivity (Wildman–Crippen MR) is 115 cm³/mol. The molecule has 0 unspecified atom stereocenters. The second-order valence-electron chi connectivity index (χ2n) is 6.24. The summed E-state index contributed by atoms with van der Waals surface area (Å²) in [5.41, 5.74) is 4.52. The molecular formula is C19H21ClN4O4S. The van der Waals surface area contributed by atoms with E-state index < -0.39 is 22.5 Å². The van der Waals surface area contributed by atoms with Gasteiger partial charge < -0.3 is 5.32 Å². The van der Waals surface area contributed by atoms with Crippen LogP contribution in [-0.4, -0.2) is 38.7 Å². The number of nitrogens with one attached hydrogen (secondary N) is 2. The highest BCUT2D eigenvalue weighted by Crippen LogP contribution is 2.21. The Kier molecular flexibility index (Phi) is 7.35. The molecule has 0 fully saturated rings. The molecule has 2 amide bonds. The van der Waals surface area contributed by atoms with Crippen LogP contribution in [0.15, 0.2) is 53.6 Å². The number of anilines is 2. The molecule has 8 nitrogen and oxygen atoms in total. The van der Waals surface area contributed by atoms with Gasteiger partial charge in [0.1, 0.15) is 6.54 Å². The summed E-state index contributed by atoms with van der Waals surface area (Å²) in [6.45, 7) is 2.66. The van der Waals surface area contributed by atoms with Crippen molar-refractivity contribution in [2.45, 2.75) is 13.8 Å². The number of halogens is 1. The minimum atomic E-state index is -3.70. The molecule has 0 aromatic heterocycles. The van der Waals surface area contributed by atoms with Crippen molar-refractivity contribution < 1.29 is 18.0 Å². The van der Waals surface area contributed by atoms with Crippen LogP contribution in [0.5, 0.6) is 0 Å². The first kappa shape index (κ1) is 22.4. The van der Waals surface area contributed by atoms with Crippen LogP contribution in [0.3, 0.4) is 0 Å². The number of carbonyl (C=O) groups excluding carboxylic acids is 2. The van der Waals surface area contributed by atoms with Gasteiger partial charge in [-0.05, 0) is 42.8 Å². The molecule has 154 valence electrons. The molecule has 0 heterocycles. The molecule has 29 heavy (non-hydrogen) atoms. The van der Waals surface area contributed by atoms with Crippen LogP contribution in [0.25, 0.3) is 0 Å². The van der Waals surface area contributed by atoms with E-state index in [1.165, 1.54) is 13.0 Å². The Labute approximate surface area is 174 Å². The topological polar surface area (TPSA) is 108 Å². The number of nitrogens with zero attached hydrogens (tertiary/aromatic N) is 2. The Bertz CT molecular complexity index is 1040. The fourth-order valence-corrected chi connectivity index (χ4v) is 3.44. The van der Waals surface area contributed by atoms with E-state index in [0.29, 0.717) is 16.4 Å². The average Bonchev–Trinajstić information content (AvgIpc) is 2.63. The van der Waals surface area contributed by atoms with E-state index in [1.807, 2.05) is 0 Å². The zero-order valence-corrected chi connectivity index (χ0v) is 17.7. The molecule has 0 saturated heterocycles. The Hall–Kier alpha value is -2.91. The van der Waals surface area contributed by atoms with Crippen LogP contribution in [-0.2, 0) is 19.6 Å². The number of rotatable bonds is 7. The van der Waals surface area contributed by atoms with Gasteiger partial charge in [0.05, 0.1) is 17.7 Å². The van der Waals surface area contributed by atoms with Crippen molar-refractivity contribution in [3.05, 3.63) is 59.1 Å². The maximum Gasteiger partial charge on any atom is 0.260 e. The predicted octanol–water partition coefficient (Wildman–Crippen LogP) is 2.60. The van der Waals surface area contributed by atoms with Crippen molar-refractivity contribution in [2.75, 3.05) is 22.4 Å². The fourth-order valence-electron chi connectivity index (χ4n) is 2.41. The van der Waals surface area contributed by atoms with Gasteiger partial charge in [0.25, 0.3) is 5.91 Å². The highest BCUT2D eigenvalue weighted by atomic mass is 35.5. The number of amides is 2. The average molecular weight is 437 g/mol. The van der Waals surface area contributed by atoms with E-state index in [0.717, 1.165) is 16.1 Å². The molecule has 0 bridgehead atoms. The Morgan fingerprint density at radius 2 is 1.76 bits per heavy atom. The maximum absolute atomic E-state index is 12.3. The lowest BCUT2D eigenvalue weighted by atomic mass is 10.1. The van der Waals surface area contributed by atoms with Crippen LogP contribution in [0.2, 0.25) is 5.02 Å². The van der Waals surface area contributed by atoms with Gasteiger partial charge in [-0.3, -0.25) is 13.9 Å². The SMILES string of the molecule is CC(=O)Nc1ccc(/C(C)=N\NC(=O)CN(c2cccc(Cl)c2)S(C)(=O)=O)cc1. The van der Waals surface area contributed by atoms with E-state index in [1.54, 1.807) is 49.4 Å². The molecule has 2 aromatic rings. The zero-order chi connectivity index (χ0) is 21.6. The van der Waals surface area contributed by atoms with E-state index >= 15 is 0 Å². The van der Waals surface area contributed by atoms with Crippen LogP contribution in [0.1, 0.15) is 19.4 Å². The monoisotopic (exact) mass is 436 g/mol. The molecule has 0 atom stereocenters. The fraction of sp³-hybridized carbons (Fsp3) is 0.211. The van der Waals surface area contributed by atoms with Gasteiger partial charge in [-0.1, -0.05) is 29.8 Å². The number of carbonyl (C=O) groups is 2. The molecule has 0 radical (unpaired) electrons. The number of sulfonamides is 1. The molecule has 2 rings (SSSR count). The summed E-state index contributed by atoms with van der Waals surface area (Å²) in [6.07, 6.45) is 1.01. The molecule has 0 aliphatic carbocycles. The van der Waals surface area contributed by atoms with Crippen molar-refractivity contribution in [1.29, 1.82) is 0 Å². The van der Waals surface area contributed by atoms with Crippen LogP contribution < -0.4 is 15.0 Å². The van der Waals surface area contributed by atoms with E-state index in [9.17, 15) is 18.0 Å². The normalized spacial score (nSPS) is 11.7. The van der Waals surface area contributed by atoms with Crippen molar-refractivity contribution in [3.8, 4) is 0 Å². The summed E-state index contributed by atoms with van der Waals surface area (Å²) in [5.74, 6) is -0.782. The molecule has 0 aliphatic heterocycles. The molecule has 10 heteroatoms. The van der Waals surface area contributed by atoms with Gasteiger partial charge in [-0.25, -0.2) is 13.8 Å². The second-order valence-corrected chi connectivity index (χ2v) is 8.58. The minimum absolute atomic E-state index is 0.175. The van der Waals surface area contributed by atoms with Crippen molar-refractivity contribution in [1.82, 2.24) is 5.43 Å². The van der Waals surface area contributed by atoms with Crippen molar-refractivity contribution in [2.24, 2.45) is 5.10 Å². The highest BCUT2D eigenvalue weighted by molar-refractivity contribution is 7.92. The van der Waals surface area contributed by atoms with Gasteiger partial charge in [0.2, 0.25) is 15.9 Å². The molecule has 2 aromatic carbocycles. The first-order valence-electron chi connectivity index (χ1n) is 8.50. The Morgan fingerprint density at radius 1 is 1.10 bits per heavy atom. The lowest BCUT2D eigenvalue weighted by molar-refractivity contribution is -0.119. The van der Waals surface area contributed by atoms with Gasteiger partial charge in [0, 0.05) is 17.6 Å². The Balaban J connectivity index is 2.08.